The lowest BCUT2D eigenvalue weighted by Gasteiger charge is -2.15. The largest absolute Gasteiger partial charge is 0.396 e. The minimum Gasteiger partial charge on any atom is -0.396 e. The summed E-state index contributed by atoms with van der Waals surface area (Å²) < 4.78 is 2.00. The Bertz CT molecular complexity index is 950. The predicted molar refractivity (Wildman–Crippen MR) is 93.7 cm³/mol. The third-order valence-electron chi connectivity index (χ3n) is 4.52. The number of hydrogen-bond donors (Lipinski definition) is 1. The molecule has 24 heavy (non-hydrogen) atoms. The van der Waals surface area contributed by atoms with Gasteiger partial charge in [0, 0.05) is 29.7 Å². The van der Waals surface area contributed by atoms with Gasteiger partial charge in [0.25, 0.3) is 0 Å². The molecule has 0 saturated carbocycles. The average Bonchev–Trinajstić information content (AvgIpc) is 2.61. The fraction of sp³-hybridized carbons (Fsp3) is 0.143. The third-order valence-corrected chi connectivity index (χ3v) is 4.52. The number of aliphatic hydroxyl groups is 1. The van der Waals surface area contributed by atoms with Crippen molar-refractivity contribution in [1.82, 2.24) is 0 Å². The summed E-state index contributed by atoms with van der Waals surface area (Å²) >= 11 is 0. The van der Waals surface area contributed by atoms with Gasteiger partial charge in [-0.2, -0.15) is 0 Å². The van der Waals surface area contributed by atoms with E-state index < -0.39 is 0 Å². The summed E-state index contributed by atoms with van der Waals surface area (Å²) in [5, 5.41) is 11.1. The van der Waals surface area contributed by atoms with Gasteiger partial charge >= 0.3 is 0 Å². The van der Waals surface area contributed by atoms with E-state index in [4.69, 9.17) is 5.11 Å². The Morgan fingerprint density at radius 3 is 2.46 bits per heavy atom. The Hall–Kier alpha value is -2.78. The van der Waals surface area contributed by atoms with Crippen molar-refractivity contribution >= 4 is 22.6 Å². The second kappa shape index (κ2) is 6.02. The number of hydrogen-bond acceptors (Lipinski definition) is 2. The van der Waals surface area contributed by atoms with Crippen LogP contribution in [-0.2, 0) is 13.0 Å². The van der Waals surface area contributed by atoms with Gasteiger partial charge in [0.05, 0.1) is 5.57 Å². The number of benzene rings is 2. The Morgan fingerprint density at radius 2 is 1.71 bits per heavy atom. The first-order valence-electron chi connectivity index (χ1n) is 8.12. The number of nitrogens with zero attached hydrogens (tertiary/aromatic N) is 1. The lowest BCUT2D eigenvalue weighted by molar-refractivity contribution is -0.688. The maximum atomic E-state index is 12.9. The second-order valence-corrected chi connectivity index (χ2v) is 6.10. The molecule has 0 amide bonds. The molecule has 4 rings (SSSR count). The monoisotopic (exact) mass is 316 g/mol. The van der Waals surface area contributed by atoms with Crippen LogP contribution in [0.5, 0.6) is 0 Å². The standard InChI is InChI=1S/C21H18NO2/c23-12-9-15-7-10-22(11-8-15)14-18-13-17-5-1-3-16-4-2-6-19(20(16)17)21(18)24/h1-8,10-11,13,23H,9,12,14H2/q+1. The molecule has 1 aromatic heterocycles. The minimum absolute atomic E-state index is 0.103. The summed E-state index contributed by atoms with van der Waals surface area (Å²) in [6, 6.07) is 16.0. The number of aromatic nitrogens is 1. The molecule has 3 aromatic rings. The van der Waals surface area contributed by atoms with Crippen LogP contribution in [0.25, 0.3) is 16.8 Å². The molecule has 1 aliphatic carbocycles. The number of aliphatic hydroxyl groups excluding tert-OH is 1. The van der Waals surface area contributed by atoms with Gasteiger partial charge in [-0.05, 0) is 29.0 Å². The molecule has 1 N–H and O–H groups in total. The molecule has 1 aliphatic rings. The van der Waals surface area contributed by atoms with Crippen LogP contribution in [0.1, 0.15) is 21.5 Å². The molecule has 0 atom stereocenters. The molecule has 0 radical (unpaired) electrons. The highest BCUT2D eigenvalue weighted by atomic mass is 16.2. The number of carbonyl (C=O) groups excluding carboxylic acids is 1. The van der Waals surface area contributed by atoms with Crippen molar-refractivity contribution in [3.63, 3.8) is 0 Å². The quantitative estimate of drug-likeness (QED) is 0.752. The van der Waals surface area contributed by atoms with Crippen molar-refractivity contribution < 1.29 is 14.5 Å². The van der Waals surface area contributed by atoms with Crippen LogP contribution in [0.15, 0.2) is 66.5 Å². The Kier molecular flexibility index (Phi) is 3.71. The molecular formula is C21H18NO2+. The third kappa shape index (κ3) is 2.53. The van der Waals surface area contributed by atoms with Crippen molar-refractivity contribution in [1.29, 1.82) is 0 Å². The van der Waals surface area contributed by atoms with Crippen molar-refractivity contribution in [3.8, 4) is 0 Å². The molecular weight excluding hydrogens is 298 g/mol. The summed E-state index contributed by atoms with van der Waals surface area (Å²) in [7, 11) is 0. The molecule has 2 aromatic carbocycles. The highest BCUT2D eigenvalue weighted by Crippen LogP contribution is 2.31. The molecule has 0 spiro atoms. The van der Waals surface area contributed by atoms with Crippen LogP contribution in [0.2, 0.25) is 0 Å². The van der Waals surface area contributed by atoms with E-state index >= 15 is 0 Å². The van der Waals surface area contributed by atoms with Crippen LogP contribution >= 0.6 is 0 Å². The zero-order valence-electron chi connectivity index (χ0n) is 13.3. The lowest BCUT2D eigenvalue weighted by atomic mass is 9.88. The number of Topliss-reactive ketones (excluding diaryl/α,β-unsaturated/α-hetero) is 1. The van der Waals surface area contributed by atoms with E-state index in [9.17, 15) is 4.79 Å². The van der Waals surface area contributed by atoms with Gasteiger partial charge < -0.3 is 5.11 Å². The summed E-state index contributed by atoms with van der Waals surface area (Å²) in [6.45, 7) is 0.692. The number of rotatable bonds is 4. The van der Waals surface area contributed by atoms with Crippen molar-refractivity contribution in [2.75, 3.05) is 6.61 Å². The van der Waals surface area contributed by atoms with Crippen LogP contribution in [0.3, 0.4) is 0 Å². The molecule has 1 heterocycles. The normalized spacial score (nSPS) is 13.2. The van der Waals surface area contributed by atoms with Crippen LogP contribution in [0.4, 0.5) is 0 Å². The van der Waals surface area contributed by atoms with Gasteiger partial charge in [-0.3, -0.25) is 4.79 Å². The smallest absolute Gasteiger partial charge is 0.196 e. The first-order chi connectivity index (χ1) is 11.8. The predicted octanol–water partition coefficient (Wildman–Crippen LogP) is 2.94. The molecule has 0 bridgehead atoms. The summed E-state index contributed by atoms with van der Waals surface area (Å²) in [5.41, 5.74) is 3.78. The summed E-state index contributed by atoms with van der Waals surface area (Å²) in [4.78, 5) is 12.9. The minimum atomic E-state index is 0.103. The molecule has 118 valence electrons. The van der Waals surface area contributed by atoms with Crippen molar-refractivity contribution in [2.24, 2.45) is 0 Å². The molecule has 0 saturated heterocycles. The summed E-state index contributed by atoms with van der Waals surface area (Å²) in [5.74, 6) is 0.103. The molecule has 0 aliphatic heterocycles. The fourth-order valence-corrected chi connectivity index (χ4v) is 3.31. The zero-order valence-corrected chi connectivity index (χ0v) is 13.3. The van der Waals surface area contributed by atoms with E-state index in [0.717, 1.165) is 33.0 Å². The Balaban J connectivity index is 1.70. The van der Waals surface area contributed by atoms with Gasteiger partial charge in [-0.15, -0.1) is 0 Å². The number of carbonyl (C=O) groups is 1. The number of allylic oxidation sites excluding steroid dienone is 1. The molecule has 3 heteroatoms. The van der Waals surface area contributed by atoms with Crippen LogP contribution in [-0.4, -0.2) is 17.5 Å². The highest BCUT2D eigenvalue weighted by Gasteiger charge is 2.23. The van der Waals surface area contributed by atoms with Crippen LogP contribution in [0, 0.1) is 0 Å². The van der Waals surface area contributed by atoms with Crippen molar-refractivity contribution in [3.05, 3.63) is 83.2 Å². The molecule has 3 nitrogen and oxygen atoms in total. The first-order valence-corrected chi connectivity index (χ1v) is 8.12. The van der Waals surface area contributed by atoms with E-state index in [1.54, 1.807) is 0 Å². The number of pyridine rings is 1. The van der Waals surface area contributed by atoms with Gasteiger partial charge in [-0.25, -0.2) is 4.57 Å². The van der Waals surface area contributed by atoms with Gasteiger partial charge in [0.2, 0.25) is 0 Å². The summed E-state index contributed by atoms with van der Waals surface area (Å²) in [6.07, 6.45) is 6.57. The average molecular weight is 316 g/mol. The molecule has 0 unspecified atom stereocenters. The first kappa shape index (κ1) is 14.8. The maximum Gasteiger partial charge on any atom is 0.196 e. The van der Waals surface area contributed by atoms with E-state index in [1.807, 2.05) is 65.5 Å². The van der Waals surface area contributed by atoms with Gasteiger partial charge in [-0.1, -0.05) is 36.4 Å². The highest BCUT2D eigenvalue weighted by molar-refractivity contribution is 6.22. The Morgan fingerprint density at radius 1 is 0.958 bits per heavy atom. The number of ketones is 1. The maximum absolute atomic E-state index is 12.9. The van der Waals surface area contributed by atoms with Crippen molar-refractivity contribution in [2.45, 2.75) is 13.0 Å². The second-order valence-electron chi connectivity index (χ2n) is 6.10. The van der Waals surface area contributed by atoms with Gasteiger partial charge in [0.1, 0.15) is 0 Å². The Labute approximate surface area is 140 Å². The van der Waals surface area contributed by atoms with E-state index in [1.165, 1.54) is 0 Å². The van der Waals surface area contributed by atoms with Gasteiger partial charge in [0.15, 0.2) is 24.7 Å². The topological polar surface area (TPSA) is 41.2 Å². The fourth-order valence-electron chi connectivity index (χ4n) is 3.31. The van der Waals surface area contributed by atoms with Crippen LogP contribution < -0.4 is 4.57 Å². The lowest BCUT2D eigenvalue weighted by Crippen LogP contribution is -2.35. The van der Waals surface area contributed by atoms with E-state index in [2.05, 4.69) is 6.07 Å². The molecule has 0 fully saturated rings. The van der Waals surface area contributed by atoms with E-state index in [0.29, 0.717) is 13.0 Å². The van der Waals surface area contributed by atoms with E-state index in [-0.39, 0.29) is 12.4 Å². The SMILES string of the molecule is O=C1C(C[n+]2ccc(CCO)cc2)=Cc2cccc3cccc1c23. The zero-order chi connectivity index (χ0) is 16.5.